The van der Waals surface area contributed by atoms with Crippen molar-refractivity contribution < 1.29 is 14.3 Å². The van der Waals surface area contributed by atoms with E-state index in [9.17, 15) is 9.59 Å². The first-order valence-corrected chi connectivity index (χ1v) is 12.0. The molecule has 0 fully saturated rings. The zero-order chi connectivity index (χ0) is 22.5. The number of carbonyl (C=O) groups is 2. The highest BCUT2D eigenvalue weighted by Crippen LogP contribution is 2.17. The summed E-state index contributed by atoms with van der Waals surface area (Å²) in [6, 6.07) is 17.3. The van der Waals surface area contributed by atoms with Gasteiger partial charge in [-0.1, -0.05) is 55.8 Å². The molecular formula is C25H34N2O3S. The number of amides is 2. The molecule has 0 heterocycles. The second-order valence-corrected chi connectivity index (χ2v) is 8.58. The van der Waals surface area contributed by atoms with E-state index in [-0.39, 0.29) is 11.8 Å². The molecule has 0 aliphatic heterocycles. The summed E-state index contributed by atoms with van der Waals surface area (Å²) in [4.78, 5) is 27.4. The third-order valence-corrected chi connectivity index (χ3v) is 6.11. The zero-order valence-corrected chi connectivity index (χ0v) is 19.6. The summed E-state index contributed by atoms with van der Waals surface area (Å²) in [6.45, 7) is 4.92. The molecule has 1 N–H and O–H groups in total. The molecule has 168 valence electrons. The average Bonchev–Trinajstić information content (AvgIpc) is 2.81. The molecule has 2 aromatic rings. The normalized spacial score (nSPS) is 11.6. The van der Waals surface area contributed by atoms with Gasteiger partial charge in [0.25, 0.3) is 0 Å². The van der Waals surface area contributed by atoms with Gasteiger partial charge in [0.05, 0.1) is 7.11 Å². The fourth-order valence-electron chi connectivity index (χ4n) is 3.11. The maximum atomic E-state index is 13.1. The first-order valence-electron chi connectivity index (χ1n) is 10.9. The van der Waals surface area contributed by atoms with Crippen molar-refractivity contribution in [3.05, 3.63) is 65.7 Å². The number of hydrogen-bond acceptors (Lipinski definition) is 4. The Bertz CT molecular complexity index is 796. The first kappa shape index (κ1) is 24.8. The van der Waals surface area contributed by atoms with E-state index in [0.29, 0.717) is 19.5 Å². The van der Waals surface area contributed by atoms with Gasteiger partial charge in [-0.3, -0.25) is 9.59 Å². The predicted molar refractivity (Wildman–Crippen MR) is 128 cm³/mol. The van der Waals surface area contributed by atoms with E-state index < -0.39 is 6.04 Å². The lowest BCUT2D eigenvalue weighted by Gasteiger charge is -2.29. The van der Waals surface area contributed by atoms with Crippen LogP contribution in [0.25, 0.3) is 0 Å². The van der Waals surface area contributed by atoms with Crippen molar-refractivity contribution in [3.8, 4) is 5.75 Å². The number of unbranched alkanes of at least 4 members (excludes halogenated alkanes) is 1. The Morgan fingerprint density at radius 2 is 1.77 bits per heavy atom. The third-order valence-electron chi connectivity index (χ3n) is 5.08. The summed E-state index contributed by atoms with van der Waals surface area (Å²) in [6.07, 6.45) is 2.35. The van der Waals surface area contributed by atoms with E-state index >= 15 is 0 Å². The highest BCUT2D eigenvalue weighted by molar-refractivity contribution is 7.98. The molecule has 0 unspecified atom stereocenters. The molecule has 2 aromatic carbocycles. The number of thioether (sulfide) groups is 1. The molecule has 0 aliphatic carbocycles. The van der Waals surface area contributed by atoms with Crippen molar-refractivity contribution in [3.63, 3.8) is 0 Å². The van der Waals surface area contributed by atoms with E-state index in [1.807, 2.05) is 42.5 Å². The maximum Gasteiger partial charge on any atom is 0.242 e. The number of ether oxygens (including phenoxy) is 1. The summed E-state index contributed by atoms with van der Waals surface area (Å²) in [5.41, 5.74) is 2.22. The van der Waals surface area contributed by atoms with Crippen LogP contribution in [0.1, 0.15) is 44.2 Å². The molecule has 2 rings (SSSR count). The van der Waals surface area contributed by atoms with Gasteiger partial charge in [-0.15, -0.1) is 0 Å². The van der Waals surface area contributed by atoms with Gasteiger partial charge in [-0.05, 0) is 36.6 Å². The minimum atomic E-state index is -0.523. The van der Waals surface area contributed by atoms with Gasteiger partial charge >= 0.3 is 0 Å². The van der Waals surface area contributed by atoms with Crippen LogP contribution in [0, 0.1) is 0 Å². The smallest absolute Gasteiger partial charge is 0.242 e. The van der Waals surface area contributed by atoms with E-state index in [4.69, 9.17) is 4.74 Å². The van der Waals surface area contributed by atoms with Crippen molar-refractivity contribution in [1.29, 1.82) is 0 Å². The van der Waals surface area contributed by atoms with Crippen LogP contribution in [0.4, 0.5) is 0 Å². The van der Waals surface area contributed by atoms with Gasteiger partial charge in [0.1, 0.15) is 11.8 Å². The van der Waals surface area contributed by atoms with Crippen molar-refractivity contribution in [2.75, 3.05) is 19.4 Å². The average molecular weight is 443 g/mol. The molecule has 0 saturated carbocycles. The molecule has 0 radical (unpaired) electrons. The van der Waals surface area contributed by atoms with Gasteiger partial charge in [0.2, 0.25) is 11.8 Å². The lowest BCUT2D eigenvalue weighted by atomic mass is 10.1. The fraction of sp³-hybridized carbons (Fsp3) is 0.440. The fourth-order valence-corrected chi connectivity index (χ4v) is 4.01. The molecule has 0 bridgehead atoms. The van der Waals surface area contributed by atoms with Crippen LogP contribution in [0.2, 0.25) is 0 Å². The zero-order valence-electron chi connectivity index (χ0n) is 18.8. The highest BCUT2D eigenvalue weighted by Gasteiger charge is 2.25. The summed E-state index contributed by atoms with van der Waals surface area (Å²) >= 11 is 1.74. The van der Waals surface area contributed by atoms with Crippen LogP contribution < -0.4 is 10.1 Å². The Labute approximate surface area is 190 Å². The molecule has 31 heavy (non-hydrogen) atoms. The van der Waals surface area contributed by atoms with E-state index in [0.717, 1.165) is 35.7 Å². The van der Waals surface area contributed by atoms with E-state index in [1.54, 1.807) is 30.7 Å². The molecule has 0 saturated heterocycles. The minimum Gasteiger partial charge on any atom is -0.497 e. The van der Waals surface area contributed by atoms with Gasteiger partial charge < -0.3 is 15.0 Å². The second-order valence-electron chi connectivity index (χ2n) is 7.48. The van der Waals surface area contributed by atoms with Gasteiger partial charge in [0, 0.05) is 31.0 Å². The molecule has 5 nitrogen and oxygen atoms in total. The molecule has 6 heteroatoms. The summed E-state index contributed by atoms with van der Waals surface area (Å²) in [5.74, 6) is 2.25. The number of carbonyl (C=O) groups excluding carboxylic acids is 2. The minimum absolute atomic E-state index is 0.00507. The molecule has 1 atom stereocenters. The number of methoxy groups -OCH3 is 1. The van der Waals surface area contributed by atoms with Crippen molar-refractivity contribution in [2.45, 2.75) is 51.4 Å². The summed E-state index contributed by atoms with van der Waals surface area (Å²) in [5, 5.41) is 2.95. The van der Waals surface area contributed by atoms with Crippen LogP contribution in [0.15, 0.2) is 54.6 Å². The van der Waals surface area contributed by atoms with Crippen LogP contribution in [0.3, 0.4) is 0 Å². The molecule has 0 spiro atoms. The van der Waals surface area contributed by atoms with Crippen LogP contribution in [-0.4, -0.2) is 42.2 Å². The predicted octanol–water partition coefficient (Wildman–Crippen LogP) is 4.65. The lowest BCUT2D eigenvalue weighted by molar-refractivity contribution is -0.140. The molecule has 0 aliphatic rings. The Kier molecular flexibility index (Phi) is 11.0. The standard InChI is InChI=1S/C25H34N2O3S/c1-4-5-16-26-25(29)20(2)27(18-21-11-13-23(30-3)14-12-21)24(28)15-17-31-19-22-9-7-6-8-10-22/h6-14,20H,4-5,15-19H2,1-3H3,(H,26,29)/t20-/m0/s1. The number of benzene rings is 2. The Hall–Kier alpha value is -2.47. The third kappa shape index (κ3) is 8.66. The SMILES string of the molecule is CCCCNC(=O)[C@H](C)N(Cc1ccc(OC)cc1)C(=O)CCSCc1ccccc1. The van der Waals surface area contributed by atoms with E-state index in [1.165, 1.54) is 5.56 Å². The van der Waals surface area contributed by atoms with Gasteiger partial charge in [-0.2, -0.15) is 11.8 Å². The number of nitrogens with one attached hydrogen (secondary N) is 1. The summed E-state index contributed by atoms with van der Waals surface area (Å²) < 4.78 is 5.22. The Balaban J connectivity index is 1.98. The highest BCUT2D eigenvalue weighted by atomic mass is 32.2. The number of rotatable bonds is 13. The van der Waals surface area contributed by atoms with Crippen molar-refractivity contribution in [2.24, 2.45) is 0 Å². The Morgan fingerprint density at radius 1 is 1.06 bits per heavy atom. The monoisotopic (exact) mass is 442 g/mol. The number of nitrogens with zero attached hydrogens (tertiary/aromatic N) is 1. The van der Waals surface area contributed by atoms with E-state index in [2.05, 4.69) is 24.4 Å². The van der Waals surface area contributed by atoms with Crippen molar-refractivity contribution >= 4 is 23.6 Å². The van der Waals surface area contributed by atoms with Gasteiger partial charge in [-0.25, -0.2) is 0 Å². The first-order chi connectivity index (χ1) is 15.0. The quantitative estimate of drug-likeness (QED) is 0.459. The molecular weight excluding hydrogens is 408 g/mol. The largest absolute Gasteiger partial charge is 0.497 e. The van der Waals surface area contributed by atoms with Crippen LogP contribution in [-0.2, 0) is 21.9 Å². The van der Waals surface area contributed by atoms with Crippen molar-refractivity contribution in [1.82, 2.24) is 10.2 Å². The van der Waals surface area contributed by atoms with Crippen LogP contribution >= 0.6 is 11.8 Å². The summed E-state index contributed by atoms with van der Waals surface area (Å²) in [7, 11) is 1.63. The van der Waals surface area contributed by atoms with Crippen LogP contribution in [0.5, 0.6) is 5.75 Å². The second kappa shape index (κ2) is 13.8. The molecule has 2 amide bonds. The topological polar surface area (TPSA) is 58.6 Å². The lowest BCUT2D eigenvalue weighted by Crippen LogP contribution is -2.47. The molecule has 0 aromatic heterocycles. The Morgan fingerprint density at radius 3 is 2.42 bits per heavy atom. The number of hydrogen-bond donors (Lipinski definition) is 1. The van der Waals surface area contributed by atoms with Gasteiger partial charge in [0.15, 0.2) is 0 Å². The maximum absolute atomic E-state index is 13.1.